The van der Waals surface area contributed by atoms with E-state index in [4.69, 9.17) is 10.6 Å². The zero-order valence-corrected chi connectivity index (χ0v) is 11.2. The van der Waals surface area contributed by atoms with Crippen molar-refractivity contribution < 1.29 is 4.74 Å². The molecular formula is C13H22N2OS. The molecule has 1 aromatic rings. The van der Waals surface area contributed by atoms with Gasteiger partial charge in [-0.05, 0) is 50.0 Å². The molecule has 3 nitrogen and oxygen atoms in total. The molecule has 4 heteroatoms. The summed E-state index contributed by atoms with van der Waals surface area (Å²) in [7, 11) is 0. The SMILES string of the molecule is CCOC(C1CC1)C(CCc1cccs1)NN. The number of rotatable bonds is 8. The third-order valence-electron chi connectivity index (χ3n) is 3.34. The molecule has 0 aromatic carbocycles. The van der Waals surface area contributed by atoms with E-state index < -0.39 is 0 Å². The smallest absolute Gasteiger partial charge is 0.0769 e. The highest BCUT2D eigenvalue weighted by molar-refractivity contribution is 7.09. The number of hydrogen-bond acceptors (Lipinski definition) is 4. The Kier molecular flexibility index (Phi) is 4.98. The van der Waals surface area contributed by atoms with E-state index in [1.54, 1.807) is 0 Å². The molecule has 2 rings (SSSR count). The Morgan fingerprint density at radius 2 is 2.41 bits per heavy atom. The predicted molar refractivity (Wildman–Crippen MR) is 71.9 cm³/mol. The number of hydrazine groups is 1. The molecule has 1 aliphatic carbocycles. The summed E-state index contributed by atoms with van der Waals surface area (Å²) in [6.07, 6.45) is 5.02. The summed E-state index contributed by atoms with van der Waals surface area (Å²) in [6.45, 7) is 2.83. The van der Waals surface area contributed by atoms with Crippen LogP contribution in [-0.4, -0.2) is 18.8 Å². The minimum Gasteiger partial charge on any atom is -0.377 e. The van der Waals surface area contributed by atoms with Gasteiger partial charge in [0.2, 0.25) is 0 Å². The quantitative estimate of drug-likeness (QED) is 0.553. The Morgan fingerprint density at radius 3 is 2.94 bits per heavy atom. The van der Waals surface area contributed by atoms with Gasteiger partial charge in [0.05, 0.1) is 6.10 Å². The summed E-state index contributed by atoms with van der Waals surface area (Å²) in [5, 5.41) is 2.13. The summed E-state index contributed by atoms with van der Waals surface area (Å²) < 4.78 is 5.85. The van der Waals surface area contributed by atoms with Gasteiger partial charge < -0.3 is 4.74 Å². The van der Waals surface area contributed by atoms with E-state index in [2.05, 4.69) is 29.9 Å². The average Bonchev–Trinajstić information content (AvgIpc) is 3.05. The van der Waals surface area contributed by atoms with Gasteiger partial charge in [-0.15, -0.1) is 11.3 Å². The molecule has 0 aliphatic heterocycles. The molecule has 2 unspecified atom stereocenters. The second-order valence-corrected chi connectivity index (χ2v) is 5.68. The molecule has 1 aliphatic rings. The van der Waals surface area contributed by atoms with Crippen molar-refractivity contribution in [3.63, 3.8) is 0 Å². The van der Waals surface area contributed by atoms with Crippen LogP contribution in [0.25, 0.3) is 0 Å². The summed E-state index contributed by atoms with van der Waals surface area (Å²) in [5.41, 5.74) is 2.95. The van der Waals surface area contributed by atoms with Crippen LogP contribution >= 0.6 is 11.3 Å². The number of nitrogens with two attached hydrogens (primary N) is 1. The highest BCUT2D eigenvalue weighted by atomic mass is 32.1. The zero-order chi connectivity index (χ0) is 12.1. The van der Waals surface area contributed by atoms with Crippen molar-refractivity contribution in [2.45, 2.75) is 44.8 Å². The monoisotopic (exact) mass is 254 g/mol. The molecule has 0 radical (unpaired) electrons. The van der Waals surface area contributed by atoms with Crippen LogP contribution < -0.4 is 11.3 Å². The van der Waals surface area contributed by atoms with Crippen LogP contribution in [0.1, 0.15) is 31.1 Å². The van der Waals surface area contributed by atoms with Crippen LogP contribution in [0.15, 0.2) is 17.5 Å². The Balaban J connectivity index is 1.85. The molecule has 0 amide bonds. The molecule has 17 heavy (non-hydrogen) atoms. The molecular weight excluding hydrogens is 232 g/mol. The van der Waals surface area contributed by atoms with Crippen LogP contribution in [0, 0.1) is 5.92 Å². The van der Waals surface area contributed by atoms with Crippen molar-refractivity contribution in [3.8, 4) is 0 Å². The van der Waals surface area contributed by atoms with Crippen LogP contribution in [-0.2, 0) is 11.2 Å². The molecule has 2 atom stereocenters. The van der Waals surface area contributed by atoms with Gasteiger partial charge in [-0.25, -0.2) is 0 Å². The topological polar surface area (TPSA) is 47.3 Å². The number of hydrogen-bond donors (Lipinski definition) is 2. The lowest BCUT2D eigenvalue weighted by molar-refractivity contribution is 0.0171. The molecule has 1 saturated carbocycles. The molecule has 96 valence electrons. The first-order valence-electron chi connectivity index (χ1n) is 6.45. The molecule has 1 aromatic heterocycles. The Hall–Kier alpha value is -0.420. The maximum atomic E-state index is 5.85. The van der Waals surface area contributed by atoms with Crippen molar-refractivity contribution >= 4 is 11.3 Å². The first-order chi connectivity index (χ1) is 8.35. The number of thiophene rings is 1. The van der Waals surface area contributed by atoms with Crippen LogP contribution in [0.3, 0.4) is 0 Å². The fourth-order valence-electron chi connectivity index (χ4n) is 2.29. The third kappa shape index (κ3) is 3.78. The first kappa shape index (κ1) is 13.0. The average molecular weight is 254 g/mol. The van der Waals surface area contributed by atoms with Gasteiger partial charge >= 0.3 is 0 Å². The van der Waals surface area contributed by atoms with E-state index in [0.29, 0.717) is 6.10 Å². The van der Waals surface area contributed by atoms with Crippen molar-refractivity contribution in [2.24, 2.45) is 11.8 Å². The van der Waals surface area contributed by atoms with Gasteiger partial charge in [-0.1, -0.05) is 6.07 Å². The number of aryl methyl sites for hydroxylation is 1. The molecule has 0 spiro atoms. The third-order valence-corrected chi connectivity index (χ3v) is 4.27. The van der Waals surface area contributed by atoms with E-state index in [1.807, 2.05) is 11.3 Å². The molecule has 1 fully saturated rings. The Bertz CT molecular complexity index is 311. The second kappa shape index (κ2) is 6.50. The first-order valence-corrected chi connectivity index (χ1v) is 7.33. The lowest BCUT2D eigenvalue weighted by Gasteiger charge is -2.26. The van der Waals surface area contributed by atoms with E-state index in [0.717, 1.165) is 25.4 Å². The minimum absolute atomic E-state index is 0.282. The molecule has 0 saturated heterocycles. The summed E-state index contributed by atoms with van der Waals surface area (Å²) >= 11 is 1.82. The zero-order valence-electron chi connectivity index (χ0n) is 10.4. The predicted octanol–water partition coefficient (Wildman–Crippen LogP) is 2.33. The van der Waals surface area contributed by atoms with Gasteiger partial charge in [0, 0.05) is 17.5 Å². The molecule has 3 N–H and O–H groups in total. The molecule has 0 bridgehead atoms. The van der Waals surface area contributed by atoms with Crippen LogP contribution in [0.5, 0.6) is 0 Å². The van der Waals surface area contributed by atoms with Gasteiger partial charge in [0.1, 0.15) is 0 Å². The lowest BCUT2D eigenvalue weighted by Crippen LogP contribution is -2.46. The highest BCUT2D eigenvalue weighted by Crippen LogP contribution is 2.36. The minimum atomic E-state index is 0.282. The molecule has 1 heterocycles. The van der Waals surface area contributed by atoms with Crippen LogP contribution in [0.2, 0.25) is 0 Å². The Labute approximate surface area is 107 Å². The number of nitrogens with one attached hydrogen (secondary N) is 1. The normalized spacial score (nSPS) is 19.2. The van der Waals surface area contributed by atoms with Crippen molar-refractivity contribution in [3.05, 3.63) is 22.4 Å². The summed E-state index contributed by atoms with van der Waals surface area (Å²) in [6, 6.07) is 4.57. The Morgan fingerprint density at radius 1 is 1.59 bits per heavy atom. The van der Waals surface area contributed by atoms with Crippen molar-refractivity contribution in [1.82, 2.24) is 5.43 Å². The largest absolute Gasteiger partial charge is 0.377 e. The van der Waals surface area contributed by atoms with Crippen molar-refractivity contribution in [2.75, 3.05) is 6.61 Å². The lowest BCUT2D eigenvalue weighted by atomic mass is 10.0. The van der Waals surface area contributed by atoms with E-state index >= 15 is 0 Å². The maximum absolute atomic E-state index is 5.85. The van der Waals surface area contributed by atoms with Gasteiger partial charge in [-0.2, -0.15) is 0 Å². The highest BCUT2D eigenvalue weighted by Gasteiger charge is 2.36. The fraction of sp³-hybridized carbons (Fsp3) is 0.692. The maximum Gasteiger partial charge on any atom is 0.0769 e. The van der Waals surface area contributed by atoms with E-state index in [-0.39, 0.29) is 6.04 Å². The number of ether oxygens (including phenoxy) is 1. The van der Waals surface area contributed by atoms with Gasteiger partial charge in [0.15, 0.2) is 0 Å². The summed E-state index contributed by atoms with van der Waals surface area (Å²) in [5.74, 6) is 6.40. The van der Waals surface area contributed by atoms with Gasteiger partial charge in [0.25, 0.3) is 0 Å². The van der Waals surface area contributed by atoms with Gasteiger partial charge in [-0.3, -0.25) is 11.3 Å². The fourth-order valence-corrected chi connectivity index (χ4v) is 3.02. The van der Waals surface area contributed by atoms with E-state index in [9.17, 15) is 0 Å². The summed E-state index contributed by atoms with van der Waals surface area (Å²) in [4.78, 5) is 1.43. The second-order valence-electron chi connectivity index (χ2n) is 4.65. The van der Waals surface area contributed by atoms with Crippen molar-refractivity contribution in [1.29, 1.82) is 0 Å². The van der Waals surface area contributed by atoms with E-state index in [1.165, 1.54) is 17.7 Å². The van der Waals surface area contributed by atoms with Crippen LogP contribution in [0.4, 0.5) is 0 Å². The standard InChI is InChI=1S/C13H22N2OS/c1-2-16-13(10-5-6-10)12(15-14)8-7-11-4-3-9-17-11/h3-4,9-10,12-13,15H,2,5-8,14H2,1H3.